The fourth-order valence-corrected chi connectivity index (χ4v) is 8.32. The normalized spacial score (nSPS) is 14.1. The Kier molecular flexibility index (Phi) is 9.17. The third-order valence-corrected chi connectivity index (χ3v) is 10.1. The topological polar surface area (TPSA) is 64.1 Å². The Morgan fingerprint density at radius 3 is 2.68 bits per heavy atom. The molecule has 0 saturated heterocycles. The smallest absolute Gasteiger partial charge is 0.313 e. The Morgan fingerprint density at radius 1 is 1.36 bits per heavy atom. The summed E-state index contributed by atoms with van der Waals surface area (Å²) >= 11 is 8.64. The van der Waals surface area contributed by atoms with Crippen molar-refractivity contribution in [2.24, 2.45) is 0 Å². The molecule has 1 aromatic heterocycles. The van der Waals surface area contributed by atoms with Crippen molar-refractivity contribution in [2.75, 3.05) is 17.7 Å². The highest BCUT2D eigenvalue weighted by atomic mass is 35.5. The van der Waals surface area contributed by atoms with E-state index >= 15 is 0 Å². The van der Waals surface area contributed by atoms with Gasteiger partial charge in [-0.05, 0) is 38.8 Å². The predicted molar refractivity (Wildman–Crippen MR) is 99.1 cm³/mol. The lowest BCUT2D eigenvalue weighted by atomic mass is 10.3. The van der Waals surface area contributed by atoms with E-state index in [1.807, 2.05) is 26.8 Å². The van der Waals surface area contributed by atoms with Crippen molar-refractivity contribution in [3.8, 4) is 0 Å². The van der Waals surface area contributed by atoms with E-state index in [9.17, 15) is 4.57 Å². The van der Waals surface area contributed by atoms with Crippen LogP contribution >= 0.6 is 40.1 Å². The largest absolute Gasteiger partial charge is 0.368 e. The highest BCUT2D eigenvalue weighted by molar-refractivity contribution is 8.89. The average Bonchev–Trinajstić information content (AvgIpc) is 2.42. The minimum absolute atomic E-state index is 0.189. The molecule has 9 heteroatoms. The van der Waals surface area contributed by atoms with Crippen LogP contribution in [0, 0.1) is 0 Å². The van der Waals surface area contributed by atoms with E-state index in [1.54, 1.807) is 0 Å². The van der Waals surface area contributed by atoms with Crippen molar-refractivity contribution in [1.82, 2.24) is 9.97 Å². The molecule has 0 radical (unpaired) electrons. The van der Waals surface area contributed by atoms with Crippen LogP contribution < -0.4 is 5.32 Å². The van der Waals surface area contributed by atoms with Gasteiger partial charge in [-0.25, -0.2) is 9.97 Å². The van der Waals surface area contributed by atoms with Crippen molar-refractivity contribution < 1.29 is 9.09 Å². The zero-order chi connectivity index (χ0) is 16.6. The third kappa shape index (κ3) is 7.55. The van der Waals surface area contributed by atoms with Gasteiger partial charge >= 0.3 is 5.77 Å². The van der Waals surface area contributed by atoms with Crippen LogP contribution in [0.1, 0.15) is 39.8 Å². The van der Waals surface area contributed by atoms with Crippen LogP contribution in [0.2, 0.25) is 5.28 Å². The van der Waals surface area contributed by atoms with Gasteiger partial charge < -0.3 is 9.84 Å². The molecule has 0 spiro atoms. The van der Waals surface area contributed by atoms with Gasteiger partial charge in [-0.2, -0.15) is 0 Å². The molecule has 0 amide bonds. The molecular formula is C13H23ClN3O2PS2. The number of rotatable bonds is 10. The van der Waals surface area contributed by atoms with Gasteiger partial charge in [0.2, 0.25) is 5.28 Å². The molecule has 1 rings (SSSR count). The van der Waals surface area contributed by atoms with E-state index in [4.69, 9.17) is 16.1 Å². The monoisotopic (exact) mass is 383 g/mol. The van der Waals surface area contributed by atoms with Gasteiger partial charge in [-0.3, -0.25) is 4.57 Å². The number of hydrogen-bond acceptors (Lipinski definition) is 7. The van der Waals surface area contributed by atoms with Crippen LogP contribution in [0.4, 0.5) is 5.82 Å². The molecule has 0 bridgehead atoms. The molecule has 1 atom stereocenters. The van der Waals surface area contributed by atoms with Crippen LogP contribution in [-0.4, -0.2) is 28.4 Å². The van der Waals surface area contributed by atoms with E-state index < -0.39 is 5.77 Å². The first kappa shape index (κ1) is 20.1. The summed E-state index contributed by atoms with van der Waals surface area (Å²) in [5, 5.41) is 3.38. The zero-order valence-corrected chi connectivity index (χ0v) is 16.6. The molecule has 22 heavy (non-hydrogen) atoms. The predicted octanol–water partition coefficient (Wildman–Crippen LogP) is 5.47. The lowest BCUT2D eigenvalue weighted by Gasteiger charge is -2.16. The summed E-state index contributed by atoms with van der Waals surface area (Å²) in [5.74, 6) is -0.781. The summed E-state index contributed by atoms with van der Waals surface area (Å²) in [7, 11) is 0. The summed E-state index contributed by atoms with van der Waals surface area (Å²) in [6, 6.07) is 2.08. The summed E-state index contributed by atoms with van der Waals surface area (Å²) < 4.78 is 18.2. The lowest BCUT2D eigenvalue weighted by Crippen LogP contribution is -2.11. The third-order valence-electron chi connectivity index (χ3n) is 2.30. The van der Waals surface area contributed by atoms with E-state index in [0.29, 0.717) is 18.2 Å². The van der Waals surface area contributed by atoms with Gasteiger partial charge in [0.05, 0.1) is 12.3 Å². The zero-order valence-electron chi connectivity index (χ0n) is 13.3. The lowest BCUT2D eigenvalue weighted by molar-refractivity contribution is 0.357. The molecule has 1 N–H and O–H groups in total. The molecule has 0 saturated carbocycles. The van der Waals surface area contributed by atoms with Crippen LogP contribution in [0.3, 0.4) is 0 Å². The van der Waals surface area contributed by atoms with Crippen molar-refractivity contribution in [1.29, 1.82) is 0 Å². The first-order valence-corrected chi connectivity index (χ1v) is 12.4. The number of halogens is 1. The molecule has 1 aromatic rings. The maximum atomic E-state index is 12.7. The number of aromatic nitrogens is 2. The molecule has 0 aliphatic heterocycles. The Bertz CT molecular complexity index is 520. The maximum absolute atomic E-state index is 12.7. The number of nitrogens with zero attached hydrogens (tertiary/aromatic N) is 2. The SMILES string of the molecule is CCCSP(=O)(OCC)SCc1cc(NC(C)C)nc(Cl)n1. The number of nitrogens with one attached hydrogen (secondary N) is 1. The summed E-state index contributed by atoms with van der Waals surface area (Å²) in [5.41, 5.74) is 0.741. The molecule has 1 unspecified atom stereocenters. The van der Waals surface area contributed by atoms with Gasteiger partial charge in [-0.1, -0.05) is 29.7 Å². The number of hydrogen-bond donors (Lipinski definition) is 1. The molecule has 5 nitrogen and oxygen atoms in total. The first-order valence-electron chi connectivity index (χ1n) is 7.22. The van der Waals surface area contributed by atoms with Crippen molar-refractivity contribution in [3.05, 3.63) is 17.0 Å². The van der Waals surface area contributed by atoms with Gasteiger partial charge in [0.25, 0.3) is 0 Å². The van der Waals surface area contributed by atoms with Gasteiger partial charge in [0, 0.05) is 23.6 Å². The van der Waals surface area contributed by atoms with E-state index in [-0.39, 0.29) is 11.3 Å². The van der Waals surface area contributed by atoms with Gasteiger partial charge in [0.1, 0.15) is 5.82 Å². The minimum atomic E-state index is -2.75. The quantitative estimate of drug-likeness (QED) is 0.424. The highest BCUT2D eigenvalue weighted by Gasteiger charge is 2.24. The summed E-state index contributed by atoms with van der Waals surface area (Å²) in [6.07, 6.45) is 0.962. The number of anilines is 1. The molecule has 0 aliphatic rings. The summed E-state index contributed by atoms with van der Waals surface area (Å²) in [4.78, 5) is 8.32. The Hall–Kier alpha value is 0.0600. The average molecular weight is 384 g/mol. The van der Waals surface area contributed by atoms with Crippen LogP contribution in [0.15, 0.2) is 6.07 Å². The fraction of sp³-hybridized carbons (Fsp3) is 0.692. The highest BCUT2D eigenvalue weighted by Crippen LogP contribution is 2.70. The Balaban J connectivity index is 2.76. The molecule has 1 heterocycles. The Labute approximate surface area is 145 Å². The minimum Gasteiger partial charge on any atom is -0.368 e. The van der Waals surface area contributed by atoms with E-state index in [2.05, 4.69) is 22.2 Å². The van der Waals surface area contributed by atoms with Crippen LogP contribution in [0.25, 0.3) is 0 Å². The molecule has 126 valence electrons. The van der Waals surface area contributed by atoms with E-state index in [0.717, 1.165) is 17.9 Å². The second kappa shape index (κ2) is 10.0. The molecule has 0 aliphatic carbocycles. The standard InChI is InChI=1S/C13H23ClN3O2PS2/c1-5-7-21-20(18,19-6-2)22-9-11-8-12(15-10(3)4)17-13(14)16-11/h8,10H,5-7,9H2,1-4H3,(H,15,16,17). The second-order valence-electron chi connectivity index (χ2n) is 4.78. The Morgan fingerprint density at radius 2 is 2.09 bits per heavy atom. The molecular weight excluding hydrogens is 361 g/mol. The molecule has 0 aromatic carbocycles. The van der Waals surface area contributed by atoms with Gasteiger partial charge in [-0.15, -0.1) is 0 Å². The molecule has 0 fully saturated rings. The fourth-order valence-electron chi connectivity index (χ4n) is 1.53. The van der Waals surface area contributed by atoms with Crippen molar-refractivity contribution in [2.45, 2.75) is 45.9 Å². The van der Waals surface area contributed by atoms with Crippen molar-refractivity contribution >= 4 is 46.0 Å². The first-order chi connectivity index (χ1) is 10.4. The van der Waals surface area contributed by atoms with Crippen LogP contribution in [-0.2, 0) is 14.8 Å². The van der Waals surface area contributed by atoms with Crippen LogP contribution in [0.5, 0.6) is 0 Å². The maximum Gasteiger partial charge on any atom is 0.313 e. The van der Waals surface area contributed by atoms with Crippen molar-refractivity contribution in [3.63, 3.8) is 0 Å². The van der Waals surface area contributed by atoms with Gasteiger partial charge in [0.15, 0.2) is 0 Å². The summed E-state index contributed by atoms with van der Waals surface area (Å²) in [6.45, 7) is 8.39. The van der Waals surface area contributed by atoms with E-state index in [1.165, 1.54) is 22.8 Å². The second-order valence-corrected chi connectivity index (χ2v) is 12.6.